The molecule has 1 atom stereocenters. The quantitative estimate of drug-likeness (QED) is 0.832. The van der Waals surface area contributed by atoms with Crippen molar-refractivity contribution in [1.29, 1.82) is 0 Å². The molecule has 1 N–H and O–H groups in total. The van der Waals surface area contributed by atoms with Crippen molar-refractivity contribution in [3.8, 4) is 12.0 Å². The van der Waals surface area contributed by atoms with E-state index in [9.17, 15) is 0 Å². The number of rotatable bonds is 6. The Morgan fingerprint density at radius 1 is 1.16 bits per heavy atom. The smallest absolute Gasteiger partial charge is 0.324 e. The molecule has 7 nitrogen and oxygen atoms in total. The van der Waals surface area contributed by atoms with Crippen molar-refractivity contribution in [1.82, 2.24) is 15.0 Å². The monoisotopic (exact) mass is 268 g/mol. The van der Waals surface area contributed by atoms with Crippen LogP contribution in [0.5, 0.6) is 12.0 Å². The van der Waals surface area contributed by atoms with Gasteiger partial charge < -0.3 is 19.5 Å². The summed E-state index contributed by atoms with van der Waals surface area (Å²) in [7, 11) is 3.02. The minimum absolute atomic E-state index is 0.239. The number of ether oxygens (including phenoxy) is 3. The highest BCUT2D eigenvalue weighted by Crippen LogP contribution is 2.16. The second-order valence-corrected chi connectivity index (χ2v) is 4.34. The molecule has 0 aliphatic carbocycles. The lowest BCUT2D eigenvalue weighted by Gasteiger charge is -2.22. The zero-order valence-corrected chi connectivity index (χ0v) is 11.4. The molecule has 1 aromatic rings. The first-order chi connectivity index (χ1) is 9.31. The molecule has 19 heavy (non-hydrogen) atoms. The number of nitrogens with zero attached hydrogens (tertiary/aromatic N) is 3. The lowest BCUT2D eigenvalue weighted by atomic mass is 10.1. The molecule has 106 valence electrons. The first-order valence-corrected chi connectivity index (χ1v) is 6.51. The molecule has 0 spiro atoms. The third-order valence-corrected chi connectivity index (χ3v) is 2.98. The fourth-order valence-corrected chi connectivity index (χ4v) is 1.98. The molecule has 0 aromatic carbocycles. The van der Waals surface area contributed by atoms with Gasteiger partial charge in [-0.05, 0) is 25.7 Å². The molecule has 1 aliphatic rings. The standard InChI is InChI=1S/C12H20N4O3/c1-17-11-14-10(15-12(16-11)18-2)13-7-6-9-5-3-4-8-19-9/h9H,3-8H2,1-2H3,(H,13,14,15,16). The van der Waals surface area contributed by atoms with Crippen molar-refractivity contribution in [3.63, 3.8) is 0 Å². The zero-order chi connectivity index (χ0) is 13.5. The van der Waals surface area contributed by atoms with Crippen LogP contribution >= 0.6 is 0 Å². The van der Waals surface area contributed by atoms with Crippen molar-refractivity contribution < 1.29 is 14.2 Å². The molecular weight excluding hydrogens is 248 g/mol. The fourth-order valence-electron chi connectivity index (χ4n) is 1.98. The van der Waals surface area contributed by atoms with Gasteiger partial charge >= 0.3 is 12.0 Å². The van der Waals surface area contributed by atoms with Gasteiger partial charge in [0.15, 0.2) is 0 Å². The molecule has 0 radical (unpaired) electrons. The van der Waals surface area contributed by atoms with Crippen LogP contribution < -0.4 is 14.8 Å². The predicted molar refractivity (Wildman–Crippen MR) is 69.6 cm³/mol. The van der Waals surface area contributed by atoms with E-state index in [1.165, 1.54) is 27.1 Å². The van der Waals surface area contributed by atoms with E-state index in [0.29, 0.717) is 12.1 Å². The Bertz CT molecular complexity index is 374. The van der Waals surface area contributed by atoms with Gasteiger partial charge in [-0.1, -0.05) is 0 Å². The first kappa shape index (κ1) is 13.8. The van der Waals surface area contributed by atoms with Gasteiger partial charge in [-0.2, -0.15) is 9.97 Å². The Kier molecular flexibility index (Phi) is 5.14. The number of methoxy groups -OCH3 is 2. The molecule has 1 aliphatic heterocycles. The SMILES string of the molecule is COc1nc(NCCC2CCCCO2)nc(OC)n1. The van der Waals surface area contributed by atoms with Crippen LogP contribution in [-0.2, 0) is 4.74 Å². The van der Waals surface area contributed by atoms with Crippen LogP contribution in [0.2, 0.25) is 0 Å². The Balaban J connectivity index is 1.84. The highest BCUT2D eigenvalue weighted by atomic mass is 16.5. The second-order valence-electron chi connectivity index (χ2n) is 4.34. The van der Waals surface area contributed by atoms with Crippen molar-refractivity contribution >= 4 is 5.95 Å². The van der Waals surface area contributed by atoms with Gasteiger partial charge in [0.1, 0.15) is 0 Å². The van der Waals surface area contributed by atoms with E-state index in [0.717, 1.165) is 26.0 Å². The maximum atomic E-state index is 5.66. The van der Waals surface area contributed by atoms with Gasteiger partial charge in [0.2, 0.25) is 5.95 Å². The van der Waals surface area contributed by atoms with Crippen molar-refractivity contribution in [2.75, 3.05) is 32.7 Å². The maximum Gasteiger partial charge on any atom is 0.324 e. The summed E-state index contributed by atoms with van der Waals surface area (Å²) < 4.78 is 15.6. The highest BCUT2D eigenvalue weighted by molar-refractivity contribution is 5.27. The van der Waals surface area contributed by atoms with E-state index in [1.807, 2.05) is 0 Å². The van der Waals surface area contributed by atoms with Crippen molar-refractivity contribution in [3.05, 3.63) is 0 Å². The van der Waals surface area contributed by atoms with Crippen LogP contribution in [0, 0.1) is 0 Å². The molecule has 2 heterocycles. The van der Waals surface area contributed by atoms with Gasteiger partial charge in [0.25, 0.3) is 0 Å². The molecule has 2 rings (SSSR count). The fraction of sp³-hybridized carbons (Fsp3) is 0.750. The summed E-state index contributed by atoms with van der Waals surface area (Å²) in [5.41, 5.74) is 0. The highest BCUT2D eigenvalue weighted by Gasteiger charge is 2.13. The maximum absolute atomic E-state index is 5.66. The van der Waals surface area contributed by atoms with Gasteiger partial charge in [-0.15, -0.1) is 4.98 Å². The Morgan fingerprint density at radius 3 is 2.47 bits per heavy atom. The van der Waals surface area contributed by atoms with E-state index < -0.39 is 0 Å². The van der Waals surface area contributed by atoms with Crippen LogP contribution in [0.4, 0.5) is 5.95 Å². The van der Waals surface area contributed by atoms with E-state index >= 15 is 0 Å². The number of hydrogen-bond acceptors (Lipinski definition) is 7. The molecular formula is C12H20N4O3. The van der Waals surface area contributed by atoms with E-state index in [1.54, 1.807) is 0 Å². The molecule has 1 fully saturated rings. The summed E-state index contributed by atoms with van der Waals surface area (Å²) in [6, 6.07) is 0.478. The summed E-state index contributed by atoms with van der Waals surface area (Å²) in [6.07, 6.45) is 4.83. The number of nitrogens with one attached hydrogen (secondary N) is 1. The topological polar surface area (TPSA) is 78.4 Å². The second kappa shape index (κ2) is 7.08. The molecule has 1 unspecified atom stereocenters. The molecule has 0 bridgehead atoms. The van der Waals surface area contributed by atoms with Crippen molar-refractivity contribution in [2.24, 2.45) is 0 Å². The van der Waals surface area contributed by atoms with Crippen molar-refractivity contribution in [2.45, 2.75) is 31.8 Å². The number of anilines is 1. The van der Waals surface area contributed by atoms with Gasteiger partial charge in [0, 0.05) is 13.2 Å². The largest absolute Gasteiger partial charge is 0.467 e. The Labute approximate surface area is 112 Å². The minimum atomic E-state index is 0.239. The summed E-state index contributed by atoms with van der Waals surface area (Å²) >= 11 is 0. The zero-order valence-electron chi connectivity index (χ0n) is 11.4. The normalized spacial score (nSPS) is 18.9. The van der Waals surface area contributed by atoms with Crippen LogP contribution in [0.15, 0.2) is 0 Å². The third kappa shape index (κ3) is 4.20. The van der Waals surface area contributed by atoms with Crippen LogP contribution in [-0.4, -0.2) is 48.4 Å². The summed E-state index contributed by atoms with van der Waals surface area (Å²) in [4.78, 5) is 12.1. The molecule has 0 saturated carbocycles. The number of aromatic nitrogens is 3. The first-order valence-electron chi connectivity index (χ1n) is 6.51. The molecule has 1 aromatic heterocycles. The van der Waals surface area contributed by atoms with Gasteiger partial charge in [0.05, 0.1) is 20.3 Å². The number of hydrogen-bond donors (Lipinski definition) is 1. The average Bonchev–Trinajstić information content (AvgIpc) is 2.48. The van der Waals surface area contributed by atoms with E-state index in [2.05, 4.69) is 20.3 Å². The summed E-state index contributed by atoms with van der Waals surface area (Å²) in [5.74, 6) is 0.458. The van der Waals surface area contributed by atoms with E-state index in [4.69, 9.17) is 14.2 Å². The third-order valence-electron chi connectivity index (χ3n) is 2.98. The minimum Gasteiger partial charge on any atom is -0.467 e. The molecule has 7 heteroatoms. The van der Waals surface area contributed by atoms with Crippen LogP contribution in [0.3, 0.4) is 0 Å². The Morgan fingerprint density at radius 2 is 1.89 bits per heavy atom. The lowest BCUT2D eigenvalue weighted by Crippen LogP contribution is -2.22. The van der Waals surface area contributed by atoms with E-state index in [-0.39, 0.29) is 12.0 Å². The molecule has 1 saturated heterocycles. The predicted octanol–water partition coefficient (Wildman–Crippen LogP) is 1.26. The Hall–Kier alpha value is -1.63. The van der Waals surface area contributed by atoms with Gasteiger partial charge in [-0.25, -0.2) is 0 Å². The summed E-state index contributed by atoms with van der Waals surface area (Å²) in [6.45, 7) is 1.62. The van der Waals surface area contributed by atoms with Gasteiger partial charge in [-0.3, -0.25) is 0 Å². The summed E-state index contributed by atoms with van der Waals surface area (Å²) in [5, 5.41) is 3.14. The average molecular weight is 268 g/mol. The molecule has 0 amide bonds. The van der Waals surface area contributed by atoms with Crippen LogP contribution in [0.1, 0.15) is 25.7 Å². The lowest BCUT2D eigenvalue weighted by molar-refractivity contribution is 0.0134. The van der Waals surface area contributed by atoms with Crippen LogP contribution in [0.25, 0.3) is 0 Å².